The summed E-state index contributed by atoms with van der Waals surface area (Å²) in [5.41, 5.74) is 7.29. The molecule has 0 aliphatic heterocycles. The Bertz CT molecular complexity index is 455. The molecule has 5 N–H and O–H groups in total. The molecule has 22 heavy (non-hydrogen) atoms. The van der Waals surface area contributed by atoms with Crippen LogP contribution in [0.2, 0.25) is 0 Å². The molecule has 1 fully saturated rings. The van der Waals surface area contributed by atoms with E-state index in [1.807, 2.05) is 0 Å². The molecule has 1 atom stereocenters. The molecule has 1 rings (SSSR count). The number of carboxylic acid groups (broad SMARTS) is 1. The predicted octanol–water partition coefficient (Wildman–Crippen LogP) is -0.603. The van der Waals surface area contributed by atoms with Gasteiger partial charge in [-0.2, -0.15) is 0 Å². The number of halogens is 1. The van der Waals surface area contributed by atoms with Crippen LogP contribution in [-0.4, -0.2) is 52.4 Å². The lowest BCUT2D eigenvalue weighted by molar-refractivity contribution is -0.141. The fraction of sp³-hybridized carbons (Fsp3) is 0.667. The van der Waals surface area contributed by atoms with Gasteiger partial charge < -0.3 is 16.2 Å². The standard InChI is InChI=1S/C12H19ClN4O5/c13-6-10(19)17(4-3-9(14)18)16-11(20)8(15-12(21)22)5-7-1-2-7/h7-8,15H,1-6H2,(H2,14,18)(H,16,20)(H,21,22)/t8-/m1/s1. The van der Waals surface area contributed by atoms with Gasteiger partial charge in [0, 0.05) is 6.42 Å². The molecule has 0 spiro atoms. The number of nitrogens with two attached hydrogens (primary N) is 1. The van der Waals surface area contributed by atoms with E-state index in [1.54, 1.807) is 0 Å². The molecule has 0 radical (unpaired) electrons. The summed E-state index contributed by atoms with van der Waals surface area (Å²) in [6.07, 6.45) is 0.765. The molecule has 10 heteroatoms. The van der Waals surface area contributed by atoms with Crippen LogP contribution >= 0.6 is 11.6 Å². The third-order valence-electron chi connectivity index (χ3n) is 3.12. The van der Waals surface area contributed by atoms with E-state index in [4.69, 9.17) is 22.4 Å². The average Bonchev–Trinajstić information content (AvgIpc) is 3.24. The summed E-state index contributed by atoms with van der Waals surface area (Å²) < 4.78 is 0. The zero-order valence-corrected chi connectivity index (χ0v) is 12.6. The Morgan fingerprint density at radius 3 is 2.41 bits per heavy atom. The van der Waals surface area contributed by atoms with Crippen molar-refractivity contribution in [2.45, 2.75) is 31.7 Å². The SMILES string of the molecule is NC(=O)CCN(NC(=O)[C@@H](CC1CC1)NC(=O)O)C(=O)CCl. The second-order valence-corrected chi connectivity index (χ2v) is 5.32. The van der Waals surface area contributed by atoms with Gasteiger partial charge in [-0.05, 0) is 12.3 Å². The van der Waals surface area contributed by atoms with E-state index < -0.39 is 35.7 Å². The lowest BCUT2D eigenvalue weighted by Crippen LogP contribution is -2.55. The molecule has 0 saturated heterocycles. The number of primary amides is 1. The fourth-order valence-electron chi connectivity index (χ4n) is 1.82. The molecule has 0 heterocycles. The Morgan fingerprint density at radius 2 is 1.95 bits per heavy atom. The first-order valence-electron chi connectivity index (χ1n) is 6.78. The molecule has 4 amide bonds. The minimum atomic E-state index is -1.33. The van der Waals surface area contributed by atoms with Crippen LogP contribution in [0.25, 0.3) is 0 Å². The van der Waals surface area contributed by atoms with Crippen LogP contribution in [0.3, 0.4) is 0 Å². The van der Waals surface area contributed by atoms with Gasteiger partial charge in [-0.1, -0.05) is 12.8 Å². The molecule has 0 aromatic carbocycles. The summed E-state index contributed by atoms with van der Waals surface area (Å²) in [6.45, 7) is -0.129. The van der Waals surface area contributed by atoms with Crippen molar-refractivity contribution < 1.29 is 24.3 Å². The number of hydrogen-bond donors (Lipinski definition) is 4. The smallest absolute Gasteiger partial charge is 0.405 e. The van der Waals surface area contributed by atoms with Crippen LogP contribution < -0.4 is 16.5 Å². The Labute approximate surface area is 132 Å². The molecule has 0 aromatic heterocycles. The maximum absolute atomic E-state index is 12.1. The number of hydrogen-bond acceptors (Lipinski definition) is 4. The van der Waals surface area contributed by atoms with Crippen molar-refractivity contribution in [3.63, 3.8) is 0 Å². The summed E-state index contributed by atoms with van der Waals surface area (Å²) in [5.74, 6) is -2.02. The van der Waals surface area contributed by atoms with Crippen molar-refractivity contribution >= 4 is 35.4 Å². The number of rotatable bonds is 8. The van der Waals surface area contributed by atoms with Crippen LogP contribution in [-0.2, 0) is 14.4 Å². The summed E-state index contributed by atoms with van der Waals surface area (Å²) >= 11 is 5.44. The number of amides is 4. The van der Waals surface area contributed by atoms with Gasteiger partial charge in [0.2, 0.25) is 5.91 Å². The molecule has 1 saturated carbocycles. The molecular weight excluding hydrogens is 316 g/mol. The van der Waals surface area contributed by atoms with Gasteiger partial charge in [-0.15, -0.1) is 11.6 Å². The van der Waals surface area contributed by atoms with E-state index in [9.17, 15) is 19.2 Å². The number of alkyl halides is 1. The molecule has 1 aliphatic rings. The number of nitrogens with zero attached hydrogens (tertiary/aromatic N) is 1. The summed E-state index contributed by atoms with van der Waals surface area (Å²) in [7, 11) is 0. The maximum atomic E-state index is 12.1. The van der Waals surface area contributed by atoms with Gasteiger partial charge >= 0.3 is 6.09 Å². The van der Waals surface area contributed by atoms with Crippen LogP contribution in [0.1, 0.15) is 25.7 Å². The number of nitrogens with one attached hydrogen (secondary N) is 2. The van der Waals surface area contributed by atoms with E-state index in [-0.39, 0.29) is 13.0 Å². The van der Waals surface area contributed by atoms with E-state index in [0.29, 0.717) is 12.3 Å². The van der Waals surface area contributed by atoms with Crippen LogP contribution in [0, 0.1) is 5.92 Å². The normalized spacial score (nSPS) is 14.8. The Hall–Kier alpha value is -2.03. The zero-order valence-electron chi connectivity index (χ0n) is 11.9. The second kappa shape index (κ2) is 8.42. The maximum Gasteiger partial charge on any atom is 0.405 e. The van der Waals surface area contributed by atoms with Crippen molar-refractivity contribution in [3.05, 3.63) is 0 Å². The van der Waals surface area contributed by atoms with E-state index in [2.05, 4.69) is 10.7 Å². The van der Waals surface area contributed by atoms with Crippen LogP contribution in [0.4, 0.5) is 4.79 Å². The number of hydrazine groups is 1. The second-order valence-electron chi connectivity index (χ2n) is 5.05. The van der Waals surface area contributed by atoms with Gasteiger partial charge in [-0.25, -0.2) is 4.79 Å². The highest BCUT2D eigenvalue weighted by Gasteiger charge is 2.31. The minimum Gasteiger partial charge on any atom is -0.465 e. The van der Waals surface area contributed by atoms with E-state index in [1.165, 1.54) is 0 Å². The quantitative estimate of drug-likeness (QED) is 0.346. The molecule has 0 unspecified atom stereocenters. The Kier molecular flexibility index (Phi) is 6.90. The lowest BCUT2D eigenvalue weighted by atomic mass is 10.1. The third kappa shape index (κ3) is 6.61. The highest BCUT2D eigenvalue weighted by Crippen LogP contribution is 2.33. The molecule has 1 aliphatic carbocycles. The zero-order chi connectivity index (χ0) is 16.7. The molecule has 9 nitrogen and oxygen atoms in total. The number of carbonyl (C=O) groups is 4. The Balaban J connectivity index is 2.65. The van der Waals surface area contributed by atoms with Crippen molar-refractivity contribution in [3.8, 4) is 0 Å². The van der Waals surface area contributed by atoms with E-state index >= 15 is 0 Å². The summed E-state index contributed by atoms with van der Waals surface area (Å²) in [4.78, 5) is 45.3. The van der Waals surface area contributed by atoms with Crippen LogP contribution in [0.5, 0.6) is 0 Å². The highest BCUT2D eigenvalue weighted by molar-refractivity contribution is 6.27. The van der Waals surface area contributed by atoms with Gasteiger partial charge in [0.25, 0.3) is 11.8 Å². The van der Waals surface area contributed by atoms with Gasteiger partial charge in [-0.3, -0.25) is 24.8 Å². The largest absolute Gasteiger partial charge is 0.465 e. The molecular formula is C12H19ClN4O5. The van der Waals surface area contributed by atoms with E-state index in [0.717, 1.165) is 17.9 Å². The van der Waals surface area contributed by atoms with Crippen molar-refractivity contribution in [1.29, 1.82) is 0 Å². The summed E-state index contributed by atoms with van der Waals surface area (Å²) in [5, 5.41) is 11.8. The predicted molar refractivity (Wildman–Crippen MR) is 76.7 cm³/mol. The van der Waals surface area contributed by atoms with Crippen molar-refractivity contribution in [1.82, 2.24) is 15.8 Å². The average molecular weight is 335 g/mol. The van der Waals surface area contributed by atoms with Crippen molar-refractivity contribution in [2.24, 2.45) is 11.7 Å². The lowest BCUT2D eigenvalue weighted by Gasteiger charge is -2.25. The highest BCUT2D eigenvalue weighted by atomic mass is 35.5. The minimum absolute atomic E-state index is 0.129. The van der Waals surface area contributed by atoms with Gasteiger partial charge in [0.15, 0.2) is 0 Å². The molecule has 124 valence electrons. The Morgan fingerprint density at radius 1 is 1.32 bits per heavy atom. The first-order chi connectivity index (χ1) is 10.3. The summed E-state index contributed by atoms with van der Waals surface area (Å²) in [6, 6.07) is -0.968. The molecule has 0 bridgehead atoms. The first-order valence-corrected chi connectivity index (χ1v) is 7.31. The monoisotopic (exact) mass is 334 g/mol. The fourth-order valence-corrected chi connectivity index (χ4v) is 1.96. The van der Waals surface area contributed by atoms with Gasteiger partial charge in [0.1, 0.15) is 11.9 Å². The topological polar surface area (TPSA) is 142 Å². The van der Waals surface area contributed by atoms with Crippen molar-refractivity contribution in [2.75, 3.05) is 12.4 Å². The third-order valence-corrected chi connectivity index (χ3v) is 3.35. The molecule has 0 aromatic rings. The number of carbonyl (C=O) groups excluding carboxylic acids is 3. The first kappa shape index (κ1) is 18.0. The van der Waals surface area contributed by atoms with Gasteiger partial charge in [0.05, 0.1) is 6.54 Å². The van der Waals surface area contributed by atoms with Crippen LogP contribution in [0.15, 0.2) is 0 Å².